The highest BCUT2D eigenvalue weighted by Gasteiger charge is 2.27. The highest BCUT2D eigenvalue weighted by molar-refractivity contribution is 7.13. The van der Waals surface area contributed by atoms with E-state index >= 15 is 0 Å². The number of aromatic nitrogens is 2. The maximum absolute atomic E-state index is 11.9. The van der Waals surface area contributed by atoms with Crippen molar-refractivity contribution >= 4 is 11.3 Å². The first-order valence-corrected chi connectivity index (χ1v) is 5.64. The van der Waals surface area contributed by atoms with Gasteiger partial charge in [0.2, 0.25) is 0 Å². The molecule has 0 amide bonds. The quantitative estimate of drug-likeness (QED) is 0.846. The minimum atomic E-state index is -4.30. The molecule has 92 valence electrons. The van der Waals surface area contributed by atoms with Crippen LogP contribution in [0, 0.1) is 0 Å². The first-order valence-electron chi connectivity index (χ1n) is 4.76. The van der Waals surface area contributed by atoms with Crippen LogP contribution in [0.1, 0.15) is 0 Å². The number of halogens is 3. The number of nitrogens with zero attached hydrogens (tertiary/aromatic N) is 2. The van der Waals surface area contributed by atoms with Gasteiger partial charge in [-0.2, -0.15) is 13.2 Å². The SMILES string of the molecule is FC(F)(F)COCn1ccnc1-c1cccs1. The standard InChI is InChI=1S/C10H9F3N2OS/c11-10(12,13)6-16-7-15-4-3-14-9(15)8-2-1-5-17-8/h1-5H,6-7H2. The maximum Gasteiger partial charge on any atom is 0.411 e. The average Bonchev–Trinajstić information content (AvgIpc) is 2.82. The summed E-state index contributed by atoms with van der Waals surface area (Å²) in [7, 11) is 0. The Bertz CT molecular complexity index is 464. The lowest BCUT2D eigenvalue weighted by atomic mass is 10.4. The van der Waals surface area contributed by atoms with Crippen molar-refractivity contribution in [3.63, 3.8) is 0 Å². The Morgan fingerprint density at radius 1 is 1.41 bits per heavy atom. The fourth-order valence-electron chi connectivity index (χ4n) is 1.30. The van der Waals surface area contributed by atoms with Crippen LogP contribution in [0.2, 0.25) is 0 Å². The predicted octanol–water partition coefficient (Wildman–Crippen LogP) is 3.15. The molecule has 0 bridgehead atoms. The number of ether oxygens (including phenoxy) is 1. The molecule has 2 aromatic rings. The van der Waals surface area contributed by atoms with E-state index in [1.54, 1.807) is 6.20 Å². The van der Waals surface area contributed by atoms with Crippen molar-refractivity contribution in [1.29, 1.82) is 0 Å². The van der Waals surface area contributed by atoms with E-state index in [9.17, 15) is 13.2 Å². The fraction of sp³-hybridized carbons (Fsp3) is 0.300. The lowest BCUT2D eigenvalue weighted by Crippen LogP contribution is -2.18. The third-order valence-corrected chi connectivity index (χ3v) is 2.82. The number of thiophene rings is 1. The van der Waals surface area contributed by atoms with Gasteiger partial charge in [0.05, 0.1) is 4.88 Å². The van der Waals surface area contributed by atoms with Gasteiger partial charge in [0.15, 0.2) is 5.82 Å². The molecule has 0 saturated carbocycles. The lowest BCUT2D eigenvalue weighted by Gasteiger charge is -2.09. The number of alkyl halides is 3. The Morgan fingerprint density at radius 2 is 2.24 bits per heavy atom. The molecule has 0 aromatic carbocycles. The number of rotatable bonds is 4. The molecule has 2 heterocycles. The zero-order valence-corrected chi connectivity index (χ0v) is 9.46. The van der Waals surface area contributed by atoms with E-state index in [2.05, 4.69) is 9.72 Å². The summed E-state index contributed by atoms with van der Waals surface area (Å²) in [6.07, 6.45) is -1.18. The predicted molar refractivity (Wildman–Crippen MR) is 57.5 cm³/mol. The highest BCUT2D eigenvalue weighted by atomic mass is 32.1. The summed E-state index contributed by atoms with van der Waals surface area (Å²) in [5.74, 6) is 0.613. The van der Waals surface area contributed by atoms with Gasteiger partial charge in [0, 0.05) is 12.4 Å². The molecule has 0 atom stereocenters. The lowest BCUT2D eigenvalue weighted by molar-refractivity contribution is -0.181. The van der Waals surface area contributed by atoms with Gasteiger partial charge >= 0.3 is 6.18 Å². The molecule has 3 nitrogen and oxygen atoms in total. The van der Waals surface area contributed by atoms with Crippen molar-refractivity contribution in [3.8, 4) is 10.7 Å². The van der Waals surface area contributed by atoms with Crippen LogP contribution < -0.4 is 0 Å². The zero-order valence-electron chi connectivity index (χ0n) is 8.65. The number of imidazole rings is 1. The van der Waals surface area contributed by atoms with Crippen molar-refractivity contribution in [2.75, 3.05) is 6.61 Å². The minimum absolute atomic E-state index is 0.160. The van der Waals surface area contributed by atoms with Gasteiger partial charge in [-0.1, -0.05) is 6.07 Å². The Balaban J connectivity index is 2.01. The van der Waals surface area contributed by atoms with E-state index < -0.39 is 12.8 Å². The molecular formula is C10H9F3N2OS. The van der Waals surface area contributed by atoms with Gasteiger partial charge in [-0.3, -0.25) is 0 Å². The van der Waals surface area contributed by atoms with Crippen molar-refractivity contribution in [2.45, 2.75) is 12.9 Å². The molecule has 0 aliphatic rings. The summed E-state index contributed by atoms with van der Waals surface area (Å²) < 4.78 is 41.9. The van der Waals surface area contributed by atoms with Crippen molar-refractivity contribution < 1.29 is 17.9 Å². The Kier molecular flexibility index (Phi) is 3.49. The smallest absolute Gasteiger partial charge is 0.351 e. The Morgan fingerprint density at radius 3 is 2.88 bits per heavy atom. The summed E-state index contributed by atoms with van der Waals surface area (Å²) in [4.78, 5) is 4.98. The third-order valence-electron chi connectivity index (χ3n) is 1.95. The molecule has 17 heavy (non-hydrogen) atoms. The molecule has 0 aliphatic carbocycles. The van der Waals surface area contributed by atoms with E-state index in [-0.39, 0.29) is 6.73 Å². The van der Waals surface area contributed by atoms with Crippen molar-refractivity contribution in [1.82, 2.24) is 9.55 Å². The van der Waals surface area contributed by atoms with E-state index in [4.69, 9.17) is 0 Å². The number of hydrogen-bond acceptors (Lipinski definition) is 3. The molecular weight excluding hydrogens is 253 g/mol. The topological polar surface area (TPSA) is 27.1 Å². The molecule has 0 N–H and O–H groups in total. The molecule has 0 aliphatic heterocycles. The van der Waals surface area contributed by atoms with Gasteiger partial charge in [-0.25, -0.2) is 4.98 Å². The van der Waals surface area contributed by atoms with Gasteiger partial charge in [0.25, 0.3) is 0 Å². The average molecular weight is 262 g/mol. The molecule has 7 heteroatoms. The van der Waals surface area contributed by atoms with E-state index in [0.29, 0.717) is 5.82 Å². The summed E-state index contributed by atoms with van der Waals surface area (Å²) in [6.45, 7) is -1.41. The van der Waals surface area contributed by atoms with Crippen LogP contribution >= 0.6 is 11.3 Å². The normalized spacial score (nSPS) is 11.9. The first-order chi connectivity index (χ1) is 8.06. The Hall–Kier alpha value is -1.34. The summed E-state index contributed by atoms with van der Waals surface area (Å²) in [6, 6.07) is 3.71. The molecule has 2 rings (SSSR count). The molecule has 0 fully saturated rings. The molecule has 0 saturated heterocycles. The van der Waals surface area contributed by atoms with Crippen LogP contribution in [0.5, 0.6) is 0 Å². The summed E-state index contributed by atoms with van der Waals surface area (Å²) in [5.41, 5.74) is 0. The number of hydrogen-bond donors (Lipinski definition) is 0. The van der Waals surface area contributed by atoms with Crippen LogP contribution in [0.3, 0.4) is 0 Å². The third kappa shape index (κ3) is 3.31. The van der Waals surface area contributed by atoms with Gasteiger partial charge in [0.1, 0.15) is 13.3 Å². The van der Waals surface area contributed by atoms with Crippen molar-refractivity contribution in [3.05, 3.63) is 29.9 Å². The molecule has 2 aromatic heterocycles. The van der Waals surface area contributed by atoms with Crippen LogP contribution in [0.25, 0.3) is 10.7 Å². The largest absolute Gasteiger partial charge is 0.411 e. The first kappa shape index (κ1) is 12.1. The van der Waals surface area contributed by atoms with E-state index in [1.165, 1.54) is 22.1 Å². The monoisotopic (exact) mass is 262 g/mol. The van der Waals surface area contributed by atoms with Crippen molar-refractivity contribution in [2.24, 2.45) is 0 Å². The van der Waals surface area contributed by atoms with Gasteiger partial charge in [-0.15, -0.1) is 11.3 Å². The minimum Gasteiger partial charge on any atom is -0.351 e. The molecule has 0 unspecified atom stereocenters. The molecule has 0 spiro atoms. The van der Waals surface area contributed by atoms with Gasteiger partial charge < -0.3 is 9.30 Å². The van der Waals surface area contributed by atoms with Gasteiger partial charge in [-0.05, 0) is 11.4 Å². The molecule has 0 radical (unpaired) electrons. The summed E-state index contributed by atoms with van der Waals surface area (Å²) in [5, 5.41) is 1.88. The van der Waals surface area contributed by atoms with Crippen LogP contribution in [-0.4, -0.2) is 22.3 Å². The Labute approximate surface area is 99.5 Å². The second-order valence-corrected chi connectivity index (χ2v) is 4.24. The van der Waals surface area contributed by atoms with Crippen LogP contribution in [0.4, 0.5) is 13.2 Å². The second kappa shape index (κ2) is 4.89. The highest BCUT2D eigenvalue weighted by Crippen LogP contribution is 2.23. The van der Waals surface area contributed by atoms with E-state index in [0.717, 1.165) is 4.88 Å². The van der Waals surface area contributed by atoms with Crippen LogP contribution in [0.15, 0.2) is 29.9 Å². The second-order valence-electron chi connectivity index (χ2n) is 3.29. The summed E-state index contributed by atoms with van der Waals surface area (Å²) >= 11 is 1.47. The zero-order chi connectivity index (χ0) is 12.3. The maximum atomic E-state index is 11.9. The van der Waals surface area contributed by atoms with Crippen LogP contribution in [-0.2, 0) is 11.5 Å². The fourth-order valence-corrected chi connectivity index (χ4v) is 2.04. The van der Waals surface area contributed by atoms with E-state index in [1.807, 2.05) is 17.5 Å².